The summed E-state index contributed by atoms with van der Waals surface area (Å²) in [4.78, 5) is 24.1. The minimum absolute atomic E-state index is 0.0739. The van der Waals surface area contributed by atoms with Crippen LogP contribution in [0.1, 0.15) is 36.4 Å². The summed E-state index contributed by atoms with van der Waals surface area (Å²) in [6, 6.07) is 8.22. The molecule has 0 bridgehead atoms. The van der Waals surface area contributed by atoms with Gasteiger partial charge in [0.25, 0.3) is 0 Å². The molecule has 4 nitrogen and oxygen atoms in total. The van der Waals surface area contributed by atoms with Crippen molar-refractivity contribution in [2.45, 2.75) is 31.7 Å². The number of aryl methyl sites for hydroxylation is 1. The lowest BCUT2D eigenvalue weighted by Gasteiger charge is -2.25. The molecule has 1 amide bonds. The van der Waals surface area contributed by atoms with Crippen molar-refractivity contribution >= 4 is 11.9 Å². The molecule has 4 heteroatoms. The Labute approximate surface area is 106 Å². The fraction of sp³-hybridized carbons (Fsp3) is 0.429. The minimum Gasteiger partial charge on any atom is -0.481 e. The Kier molecular flexibility index (Phi) is 3.65. The van der Waals surface area contributed by atoms with E-state index >= 15 is 0 Å². The molecule has 1 N–H and O–H groups in total. The van der Waals surface area contributed by atoms with Crippen molar-refractivity contribution in [3.8, 4) is 0 Å². The maximum atomic E-state index is 11.9. The van der Waals surface area contributed by atoms with E-state index in [9.17, 15) is 9.59 Å². The number of carbonyl (C=O) groups excluding carboxylic acids is 1. The Hall–Kier alpha value is -1.84. The molecule has 0 fully saturated rings. The van der Waals surface area contributed by atoms with Crippen molar-refractivity contribution in [3.63, 3.8) is 0 Å². The van der Waals surface area contributed by atoms with Crippen LogP contribution in [0.3, 0.4) is 0 Å². The zero-order chi connectivity index (χ0) is 13.1. The number of carbonyl (C=O) groups is 2. The number of carboxylic acids is 1. The molecule has 0 heterocycles. The van der Waals surface area contributed by atoms with Crippen LogP contribution in [-0.2, 0) is 16.0 Å². The van der Waals surface area contributed by atoms with E-state index in [0.29, 0.717) is 0 Å². The number of hydrogen-bond donors (Lipinski definition) is 1. The molecule has 2 rings (SSSR count). The molecular weight excluding hydrogens is 230 g/mol. The Balaban J connectivity index is 2.04. The van der Waals surface area contributed by atoms with Gasteiger partial charge in [0.05, 0.1) is 12.5 Å². The number of hydrogen-bond acceptors (Lipinski definition) is 2. The maximum absolute atomic E-state index is 11.9. The first kappa shape index (κ1) is 12.6. The summed E-state index contributed by atoms with van der Waals surface area (Å²) in [6.07, 6.45) is 1.88. The van der Waals surface area contributed by atoms with Gasteiger partial charge in [0.1, 0.15) is 0 Å². The third-order valence-corrected chi connectivity index (χ3v) is 3.51. The predicted molar refractivity (Wildman–Crippen MR) is 67.1 cm³/mol. The van der Waals surface area contributed by atoms with E-state index in [1.807, 2.05) is 18.2 Å². The van der Waals surface area contributed by atoms with E-state index in [0.717, 1.165) is 12.8 Å². The summed E-state index contributed by atoms with van der Waals surface area (Å²) in [6.45, 7) is 0. The second kappa shape index (κ2) is 5.21. The molecule has 0 spiro atoms. The summed E-state index contributed by atoms with van der Waals surface area (Å²) in [7, 11) is 1.76. The van der Waals surface area contributed by atoms with Gasteiger partial charge in [-0.05, 0) is 24.0 Å². The number of benzene rings is 1. The van der Waals surface area contributed by atoms with Crippen LogP contribution in [0.5, 0.6) is 0 Å². The highest BCUT2D eigenvalue weighted by Crippen LogP contribution is 2.34. The minimum atomic E-state index is -0.927. The normalized spacial score (nSPS) is 17.3. The summed E-state index contributed by atoms with van der Waals surface area (Å²) in [5.74, 6) is -1.03. The average molecular weight is 247 g/mol. The van der Waals surface area contributed by atoms with Gasteiger partial charge in [-0.2, -0.15) is 0 Å². The number of nitrogens with zero attached hydrogens (tertiary/aromatic N) is 1. The van der Waals surface area contributed by atoms with Gasteiger partial charge in [0, 0.05) is 13.5 Å². The third kappa shape index (κ3) is 2.53. The van der Waals surface area contributed by atoms with Crippen molar-refractivity contribution in [1.29, 1.82) is 0 Å². The third-order valence-electron chi connectivity index (χ3n) is 3.51. The number of aliphatic carboxylic acids is 1. The van der Waals surface area contributed by atoms with Gasteiger partial charge in [0.15, 0.2) is 0 Å². The Bertz CT molecular complexity index is 470. The van der Waals surface area contributed by atoms with Crippen molar-refractivity contribution in [3.05, 3.63) is 35.4 Å². The molecule has 0 saturated carbocycles. The molecule has 0 aromatic heterocycles. The lowest BCUT2D eigenvalue weighted by Crippen LogP contribution is -2.30. The smallest absolute Gasteiger partial charge is 0.303 e. The number of amides is 1. The zero-order valence-electron chi connectivity index (χ0n) is 10.4. The van der Waals surface area contributed by atoms with Gasteiger partial charge in [-0.25, -0.2) is 0 Å². The molecule has 1 unspecified atom stereocenters. The van der Waals surface area contributed by atoms with Crippen LogP contribution in [0.15, 0.2) is 24.3 Å². The van der Waals surface area contributed by atoms with Crippen LogP contribution in [0.2, 0.25) is 0 Å². The summed E-state index contributed by atoms with van der Waals surface area (Å²) >= 11 is 0. The van der Waals surface area contributed by atoms with Gasteiger partial charge in [-0.1, -0.05) is 24.3 Å². The molecule has 1 aliphatic carbocycles. The van der Waals surface area contributed by atoms with Crippen LogP contribution < -0.4 is 0 Å². The standard InChI is InChI=1S/C14H17NO3/c1-15(13(16)8-9-14(17)18)12-7-6-10-4-2-3-5-11(10)12/h2-5,12H,6-9H2,1H3,(H,17,18). The lowest BCUT2D eigenvalue weighted by molar-refractivity contribution is -0.141. The van der Waals surface area contributed by atoms with Crippen molar-refractivity contribution in [2.24, 2.45) is 0 Å². The van der Waals surface area contributed by atoms with Gasteiger partial charge < -0.3 is 10.0 Å². The number of fused-ring (bicyclic) bond motifs is 1. The number of carboxylic acid groups (broad SMARTS) is 1. The highest BCUT2D eigenvalue weighted by Gasteiger charge is 2.28. The Morgan fingerprint density at radius 3 is 2.78 bits per heavy atom. The molecule has 1 aromatic carbocycles. The van der Waals surface area contributed by atoms with Crippen LogP contribution >= 0.6 is 0 Å². The molecular formula is C14H17NO3. The van der Waals surface area contributed by atoms with Crippen LogP contribution in [0.4, 0.5) is 0 Å². The molecule has 1 atom stereocenters. The second-order valence-corrected chi connectivity index (χ2v) is 4.65. The van der Waals surface area contributed by atoms with E-state index in [1.165, 1.54) is 11.1 Å². The first-order valence-corrected chi connectivity index (χ1v) is 6.15. The molecule has 0 radical (unpaired) electrons. The van der Waals surface area contributed by atoms with Gasteiger partial charge >= 0.3 is 5.97 Å². The molecule has 1 aliphatic rings. The van der Waals surface area contributed by atoms with Gasteiger partial charge in [-0.15, -0.1) is 0 Å². The van der Waals surface area contributed by atoms with E-state index in [2.05, 4.69) is 6.07 Å². The number of rotatable bonds is 4. The molecule has 1 aromatic rings. The predicted octanol–water partition coefficient (Wildman–Crippen LogP) is 2.00. The van der Waals surface area contributed by atoms with Crippen LogP contribution in [0.25, 0.3) is 0 Å². The summed E-state index contributed by atoms with van der Waals surface area (Å²) in [5.41, 5.74) is 2.49. The fourth-order valence-corrected chi connectivity index (χ4v) is 2.50. The highest BCUT2D eigenvalue weighted by atomic mass is 16.4. The molecule has 0 saturated heterocycles. The lowest BCUT2D eigenvalue weighted by atomic mass is 10.1. The first-order chi connectivity index (χ1) is 8.59. The van der Waals surface area contributed by atoms with E-state index in [-0.39, 0.29) is 24.8 Å². The molecule has 0 aliphatic heterocycles. The summed E-state index contributed by atoms with van der Waals surface area (Å²) < 4.78 is 0. The van der Waals surface area contributed by atoms with Crippen LogP contribution in [-0.4, -0.2) is 28.9 Å². The van der Waals surface area contributed by atoms with Gasteiger partial charge in [0.2, 0.25) is 5.91 Å². The van der Waals surface area contributed by atoms with E-state index < -0.39 is 5.97 Å². The highest BCUT2D eigenvalue weighted by molar-refractivity contribution is 5.81. The molecule has 18 heavy (non-hydrogen) atoms. The largest absolute Gasteiger partial charge is 0.481 e. The van der Waals surface area contributed by atoms with Crippen molar-refractivity contribution < 1.29 is 14.7 Å². The monoisotopic (exact) mass is 247 g/mol. The topological polar surface area (TPSA) is 57.6 Å². The SMILES string of the molecule is CN(C(=O)CCC(=O)O)C1CCc2ccccc21. The van der Waals surface area contributed by atoms with Crippen molar-refractivity contribution in [2.75, 3.05) is 7.05 Å². The summed E-state index contributed by atoms with van der Waals surface area (Å²) in [5, 5.41) is 8.60. The molecule has 96 valence electrons. The first-order valence-electron chi connectivity index (χ1n) is 6.15. The average Bonchev–Trinajstić information content (AvgIpc) is 2.78. The van der Waals surface area contributed by atoms with E-state index in [4.69, 9.17) is 5.11 Å². The quantitative estimate of drug-likeness (QED) is 0.885. The zero-order valence-corrected chi connectivity index (χ0v) is 10.4. The Morgan fingerprint density at radius 2 is 2.06 bits per heavy atom. The second-order valence-electron chi connectivity index (χ2n) is 4.65. The van der Waals surface area contributed by atoms with Crippen LogP contribution in [0, 0.1) is 0 Å². The Morgan fingerprint density at radius 1 is 1.33 bits per heavy atom. The maximum Gasteiger partial charge on any atom is 0.303 e. The van der Waals surface area contributed by atoms with Gasteiger partial charge in [-0.3, -0.25) is 9.59 Å². The fourth-order valence-electron chi connectivity index (χ4n) is 2.50. The van der Waals surface area contributed by atoms with Crippen molar-refractivity contribution in [1.82, 2.24) is 4.90 Å². The van der Waals surface area contributed by atoms with E-state index in [1.54, 1.807) is 11.9 Å².